The SMILES string of the molecule is COC(=O)CC(c1cc2cc(C)ccc2[nH]c1=O)c1c(O)ccc2c(=O)c(-c3ccc(O)cc3)coc12. The summed E-state index contributed by atoms with van der Waals surface area (Å²) in [6.45, 7) is 1.92. The van der Waals surface area contributed by atoms with Gasteiger partial charge in [-0.25, -0.2) is 0 Å². The fraction of sp³-hybridized carbons (Fsp3) is 0.138. The van der Waals surface area contributed by atoms with Gasteiger partial charge in [0.15, 0.2) is 0 Å². The van der Waals surface area contributed by atoms with Crippen LogP contribution in [-0.2, 0) is 9.53 Å². The van der Waals surface area contributed by atoms with Crippen LogP contribution >= 0.6 is 0 Å². The maximum atomic E-state index is 13.4. The van der Waals surface area contributed by atoms with Crippen LogP contribution in [-0.4, -0.2) is 28.3 Å². The molecule has 5 rings (SSSR count). The summed E-state index contributed by atoms with van der Waals surface area (Å²) in [7, 11) is 1.24. The number of H-pyrrole nitrogens is 1. The average Bonchev–Trinajstić information content (AvgIpc) is 2.88. The van der Waals surface area contributed by atoms with Gasteiger partial charge in [0, 0.05) is 22.6 Å². The molecule has 3 aromatic carbocycles. The monoisotopic (exact) mass is 497 g/mol. The summed E-state index contributed by atoms with van der Waals surface area (Å²) in [5, 5.41) is 21.4. The fourth-order valence-corrected chi connectivity index (χ4v) is 4.61. The molecule has 0 saturated heterocycles. The predicted octanol–water partition coefficient (Wildman–Crippen LogP) is 4.72. The highest BCUT2D eigenvalue weighted by molar-refractivity contribution is 5.88. The third-order valence-corrected chi connectivity index (χ3v) is 6.49. The number of methoxy groups -OCH3 is 1. The van der Waals surface area contributed by atoms with Crippen LogP contribution in [0.2, 0.25) is 0 Å². The number of benzene rings is 3. The number of phenols is 2. The van der Waals surface area contributed by atoms with Gasteiger partial charge in [-0.05, 0) is 60.3 Å². The van der Waals surface area contributed by atoms with Gasteiger partial charge in [0.05, 0.1) is 24.5 Å². The number of aromatic hydroxyl groups is 2. The number of ether oxygens (including phenoxy) is 1. The van der Waals surface area contributed by atoms with Crippen molar-refractivity contribution in [3.8, 4) is 22.6 Å². The number of aromatic nitrogens is 1. The molecule has 0 bridgehead atoms. The van der Waals surface area contributed by atoms with Crippen molar-refractivity contribution >= 4 is 27.8 Å². The Labute approximate surface area is 210 Å². The smallest absolute Gasteiger partial charge is 0.306 e. The number of rotatable bonds is 5. The summed E-state index contributed by atoms with van der Waals surface area (Å²) < 4.78 is 10.8. The molecule has 37 heavy (non-hydrogen) atoms. The number of nitrogens with one attached hydrogen (secondary N) is 1. The van der Waals surface area contributed by atoms with E-state index in [2.05, 4.69) is 4.98 Å². The Bertz CT molecular complexity index is 1780. The lowest BCUT2D eigenvalue weighted by Crippen LogP contribution is -2.20. The van der Waals surface area contributed by atoms with Crippen molar-refractivity contribution in [2.75, 3.05) is 7.11 Å². The quantitative estimate of drug-likeness (QED) is 0.300. The third-order valence-electron chi connectivity index (χ3n) is 6.49. The van der Waals surface area contributed by atoms with Gasteiger partial charge in [0.2, 0.25) is 5.43 Å². The minimum atomic E-state index is -0.965. The molecule has 3 N–H and O–H groups in total. The van der Waals surface area contributed by atoms with Gasteiger partial charge in [0.25, 0.3) is 5.56 Å². The van der Waals surface area contributed by atoms with Gasteiger partial charge in [0.1, 0.15) is 23.3 Å². The molecule has 8 heteroatoms. The molecular formula is C29H23NO7. The van der Waals surface area contributed by atoms with Crippen molar-refractivity contribution in [1.82, 2.24) is 4.98 Å². The van der Waals surface area contributed by atoms with Crippen LogP contribution in [0.3, 0.4) is 0 Å². The molecule has 1 unspecified atom stereocenters. The van der Waals surface area contributed by atoms with Crippen molar-refractivity contribution in [2.45, 2.75) is 19.3 Å². The summed E-state index contributed by atoms with van der Waals surface area (Å²) in [6.07, 6.45) is 0.996. The van der Waals surface area contributed by atoms with Crippen molar-refractivity contribution in [3.63, 3.8) is 0 Å². The minimum absolute atomic E-state index is 0.0580. The lowest BCUT2D eigenvalue weighted by molar-refractivity contribution is -0.140. The lowest BCUT2D eigenvalue weighted by atomic mass is 9.86. The van der Waals surface area contributed by atoms with Crippen LogP contribution in [0.15, 0.2) is 80.9 Å². The number of esters is 1. The number of fused-ring (bicyclic) bond motifs is 2. The second-order valence-corrected chi connectivity index (χ2v) is 8.88. The molecule has 0 spiro atoms. The molecule has 5 aromatic rings. The Morgan fingerprint density at radius 1 is 1.03 bits per heavy atom. The maximum Gasteiger partial charge on any atom is 0.306 e. The number of carbonyl (C=O) groups excluding carboxylic acids is 1. The first-order valence-corrected chi connectivity index (χ1v) is 11.5. The third kappa shape index (κ3) is 4.33. The topological polar surface area (TPSA) is 130 Å². The van der Waals surface area contributed by atoms with Crippen molar-refractivity contribution < 1.29 is 24.2 Å². The average molecular weight is 498 g/mol. The first-order chi connectivity index (χ1) is 17.8. The van der Waals surface area contributed by atoms with Crippen molar-refractivity contribution in [1.29, 1.82) is 0 Å². The lowest BCUT2D eigenvalue weighted by Gasteiger charge is -2.19. The van der Waals surface area contributed by atoms with Crippen LogP contribution in [0.4, 0.5) is 0 Å². The van der Waals surface area contributed by atoms with E-state index in [0.29, 0.717) is 11.1 Å². The molecule has 0 aliphatic rings. The molecule has 1 atom stereocenters. The van der Waals surface area contributed by atoms with Crippen molar-refractivity contribution in [3.05, 3.63) is 104 Å². The standard InChI is InChI=1S/C29H23NO7/c1-15-3-9-23-17(11-15)12-21(29(35)30-23)20(13-25(33)36-2)26-24(32)10-8-19-27(34)22(14-37-28(19)26)16-4-6-18(31)7-5-16/h3-12,14,20,31-32H,13H2,1-2H3,(H,30,35). The highest BCUT2D eigenvalue weighted by atomic mass is 16.5. The van der Waals surface area contributed by atoms with E-state index < -0.39 is 17.4 Å². The van der Waals surface area contributed by atoms with Gasteiger partial charge >= 0.3 is 5.97 Å². The molecule has 2 heterocycles. The second kappa shape index (κ2) is 9.31. The van der Waals surface area contributed by atoms with E-state index in [1.807, 2.05) is 19.1 Å². The Kier molecular flexibility index (Phi) is 6.01. The highest BCUT2D eigenvalue weighted by Gasteiger charge is 2.29. The number of aryl methyl sites for hydroxylation is 1. The number of pyridine rings is 1. The van der Waals surface area contributed by atoms with Gasteiger partial charge in [-0.2, -0.15) is 0 Å². The van der Waals surface area contributed by atoms with Crippen LogP contribution in [0.25, 0.3) is 33.0 Å². The molecule has 186 valence electrons. The second-order valence-electron chi connectivity index (χ2n) is 8.88. The van der Waals surface area contributed by atoms with Crippen LogP contribution in [0.1, 0.15) is 29.0 Å². The maximum absolute atomic E-state index is 13.4. The van der Waals surface area contributed by atoms with Gasteiger partial charge < -0.3 is 24.4 Å². The zero-order valence-corrected chi connectivity index (χ0v) is 20.1. The molecule has 0 saturated carbocycles. The molecule has 0 amide bonds. The summed E-state index contributed by atoms with van der Waals surface area (Å²) >= 11 is 0. The number of carbonyl (C=O) groups is 1. The van der Waals surface area contributed by atoms with E-state index in [0.717, 1.165) is 10.9 Å². The largest absolute Gasteiger partial charge is 0.508 e. The Hall–Kier alpha value is -4.85. The van der Waals surface area contributed by atoms with Crippen molar-refractivity contribution in [2.24, 2.45) is 0 Å². The fourth-order valence-electron chi connectivity index (χ4n) is 4.61. The molecule has 0 fully saturated rings. The number of hydrogen-bond donors (Lipinski definition) is 3. The van der Waals surface area contributed by atoms with E-state index >= 15 is 0 Å². The Balaban J connectivity index is 1.76. The summed E-state index contributed by atoms with van der Waals surface area (Å²) in [4.78, 5) is 41.9. The van der Waals surface area contributed by atoms with Gasteiger partial charge in [-0.1, -0.05) is 23.8 Å². The van der Waals surface area contributed by atoms with E-state index in [9.17, 15) is 24.6 Å². The zero-order valence-electron chi connectivity index (χ0n) is 20.1. The van der Waals surface area contributed by atoms with Crippen LogP contribution in [0, 0.1) is 6.92 Å². The molecular weight excluding hydrogens is 474 g/mol. The molecule has 8 nitrogen and oxygen atoms in total. The molecule has 0 aliphatic heterocycles. The molecule has 0 aliphatic carbocycles. The van der Waals surface area contributed by atoms with E-state index in [1.54, 1.807) is 24.3 Å². The van der Waals surface area contributed by atoms with Gasteiger partial charge in [-0.15, -0.1) is 0 Å². The van der Waals surface area contributed by atoms with E-state index in [4.69, 9.17) is 9.15 Å². The van der Waals surface area contributed by atoms with Crippen LogP contribution < -0.4 is 11.0 Å². The number of aromatic amines is 1. The normalized spacial score (nSPS) is 12.1. The minimum Gasteiger partial charge on any atom is -0.508 e. The number of phenolic OH excluding ortho intramolecular Hbond substituents is 2. The molecule has 0 radical (unpaired) electrons. The van der Waals surface area contributed by atoms with E-state index in [-0.39, 0.29) is 51.0 Å². The summed E-state index contributed by atoms with van der Waals surface area (Å²) in [6, 6.07) is 16.1. The Morgan fingerprint density at radius 3 is 2.51 bits per heavy atom. The summed E-state index contributed by atoms with van der Waals surface area (Å²) in [5.74, 6) is -1.74. The first-order valence-electron chi connectivity index (χ1n) is 11.5. The predicted molar refractivity (Wildman–Crippen MR) is 139 cm³/mol. The number of hydrogen-bond acceptors (Lipinski definition) is 7. The molecule has 2 aromatic heterocycles. The zero-order chi connectivity index (χ0) is 26.3. The van der Waals surface area contributed by atoms with E-state index in [1.165, 1.54) is 37.6 Å². The highest BCUT2D eigenvalue weighted by Crippen LogP contribution is 2.39. The van der Waals surface area contributed by atoms with Crippen LogP contribution in [0.5, 0.6) is 11.5 Å². The summed E-state index contributed by atoms with van der Waals surface area (Å²) in [5.41, 5.74) is 2.01. The first kappa shape index (κ1) is 23.9. The Morgan fingerprint density at radius 2 is 1.78 bits per heavy atom. The van der Waals surface area contributed by atoms with Gasteiger partial charge in [-0.3, -0.25) is 14.4 Å².